The first-order chi connectivity index (χ1) is 8.84. The first-order valence-electron chi connectivity index (χ1n) is 5.44. The fraction of sp³-hybridized carbons (Fsp3) is 0.400. The Balaban J connectivity index is 2.41. The van der Waals surface area contributed by atoms with Crippen LogP contribution in [-0.2, 0) is 14.8 Å². The minimum atomic E-state index is -3.97. The van der Waals surface area contributed by atoms with Crippen molar-refractivity contribution in [3.05, 3.63) is 23.2 Å². The van der Waals surface area contributed by atoms with Gasteiger partial charge in [0.2, 0.25) is 15.9 Å². The van der Waals surface area contributed by atoms with Crippen LogP contribution in [0.25, 0.3) is 0 Å². The van der Waals surface area contributed by atoms with Crippen LogP contribution in [0.4, 0.5) is 4.39 Å². The predicted molar refractivity (Wildman–Crippen MR) is 65.6 cm³/mol. The molecule has 19 heavy (non-hydrogen) atoms. The molecule has 2 rings (SSSR count). The van der Waals surface area contributed by atoms with Gasteiger partial charge in [-0.3, -0.25) is 4.79 Å². The molecule has 1 amide bonds. The number of sulfonamides is 1. The van der Waals surface area contributed by atoms with Crippen molar-refractivity contribution in [2.45, 2.75) is 17.9 Å². The second kappa shape index (κ2) is 5.03. The molecule has 1 N–H and O–H groups in total. The minimum absolute atomic E-state index is 0.124. The molecule has 0 spiro atoms. The number of rotatable bonds is 2. The van der Waals surface area contributed by atoms with Gasteiger partial charge in [-0.1, -0.05) is 11.6 Å². The Hall–Kier alpha value is -1.25. The molecule has 2 heterocycles. The number of aromatic nitrogens is 1. The SMILES string of the molecule is C[C@@H]1C(=O)NCCN1S(=O)(=O)c1cnc(Cl)c(F)c1. The van der Waals surface area contributed by atoms with Crippen LogP contribution in [0, 0.1) is 5.82 Å². The number of halogens is 2. The maximum absolute atomic E-state index is 13.3. The van der Waals surface area contributed by atoms with Gasteiger partial charge in [0, 0.05) is 19.3 Å². The molecule has 6 nitrogen and oxygen atoms in total. The second-order valence-electron chi connectivity index (χ2n) is 4.03. The molecular weight excluding hydrogens is 297 g/mol. The number of hydrogen-bond acceptors (Lipinski definition) is 4. The molecule has 0 radical (unpaired) electrons. The summed E-state index contributed by atoms with van der Waals surface area (Å²) < 4.78 is 38.9. The van der Waals surface area contributed by atoms with Crippen molar-refractivity contribution in [2.24, 2.45) is 0 Å². The predicted octanol–water partition coefficient (Wildman–Crippen LogP) is 0.383. The molecule has 0 unspecified atom stereocenters. The summed E-state index contributed by atoms with van der Waals surface area (Å²) in [6.07, 6.45) is 0.972. The van der Waals surface area contributed by atoms with Crippen molar-refractivity contribution in [1.82, 2.24) is 14.6 Å². The average Bonchev–Trinajstić information content (AvgIpc) is 2.35. The molecule has 0 bridgehead atoms. The fourth-order valence-corrected chi connectivity index (χ4v) is 3.43. The summed E-state index contributed by atoms with van der Waals surface area (Å²) in [7, 11) is -3.97. The monoisotopic (exact) mass is 307 g/mol. The zero-order valence-corrected chi connectivity index (χ0v) is 11.5. The summed E-state index contributed by atoms with van der Waals surface area (Å²) in [6.45, 7) is 1.80. The molecule has 1 aromatic heterocycles. The van der Waals surface area contributed by atoms with Gasteiger partial charge in [0.25, 0.3) is 0 Å². The maximum atomic E-state index is 13.3. The number of carbonyl (C=O) groups is 1. The summed E-state index contributed by atoms with van der Waals surface area (Å²) in [5, 5.41) is 2.15. The van der Waals surface area contributed by atoms with E-state index in [2.05, 4.69) is 10.3 Å². The van der Waals surface area contributed by atoms with Gasteiger partial charge in [0.15, 0.2) is 11.0 Å². The third-order valence-electron chi connectivity index (χ3n) is 2.82. The molecule has 0 saturated carbocycles. The molecule has 1 saturated heterocycles. The number of hydrogen-bond donors (Lipinski definition) is 1. The van der Waals surface area contributed by atoms with Gasteiger partial charge in [-0.25, -0.2) is 17.8 Å². The Morgan fingerprint density at radius 2 is 2.26 bits per heavy atom. The highest BCUT2D eigenvalue weighted by atomic mass is 35.5. The second-order valence-corrected chi connectivity index (χ2v) is 6.27. The quantitative estimate of drug-likeness (QED) is 0.801. The van der Waals surface area contributed by atoms with E-state index < -0.39 is 32.9 Å². The normalized spacial score (nSPS) is 21.2. The lowest BCUT2D eigenvalue weighted by molar-refractivity contribution is -0.126. The van der Waals surface area contributed by atoms with E-state index in [0.29, 0.717) is 0 Å². The molecule has 1 atom stereocenters. The summed E-state index contributed by atoms with van der Waals surface area (Å²) in [6, 6.07) is -0.0540. The Labute approximate surface area is 114 Å². The summed E-state index contributed by atoms with van der Waals surface area (Å²) in [4.78, 5) is 14.6. The van der Waals surface area contributed by atoms with Crippen LogP contribution in [0.2, 0.25) is 5.15 Å². The highest BCUT2D eigenvalue weighted by Crippen LogP contribution is 2.22. The molecular formula is C10H11ClFN3O3S. The Morgan fingerprint density at radius 3 is 2.89 bits per heavy atom. The molecule has 1 aliphatic heterocycles. The van der Waals surface area contributed by atoms with Crippen molar-refractivity contribution in [1.29, 1.82) is 0 Å². The largest absolute Gasteiger partial charge is 0.353 e. The maximum Gasteiger partial charge on any atom is 0.245 e. The lowest BCUT2D eigenvalue weighted by atomic mass is 10.2. The summed E-state index contributed by atoms with van der Waals surface area (Å²) >= 11 is 5.41. The topological polar surface area (TPSA) is 79.4 Å². The van der Waals surface area contributed by atoms with E-state index in [1.165, 1.54) is 6.92 Å². The fourth-order valence-electron chi connectivity index (χ4n) is 1.77. The third-order valence-corrected chi connectivity index (χ3v) is 5.03. The summed E-state index contributed by atoms with van der Waals surface area (Å²) in [5.74, 6) is -1.31. The van der Waals surface area contributed by atoms with E-state index in [1.54, 1.807) is 0 Å². The van der Waals surface area contributed by atoms with Gasteiger partial charge < -0.3 is 5.32 Å². The first-order valence-corrected chi connectivity index (χ1v) is 7.26. The van der Waals surface area contributed by atoms with Gasteiger partial charge in [-0.15, -0.1) is 0 Å². The van der Waals surface area contributed by atoms with Crippen LogP contribution in [0.15, 0.2) is 17.2 Å². The van der Waals surface area contributed by atoms with Crippen molar-refractivity contribution in [2.75, 3.05) is 13.1 Å². The Kier molecular flexibility index (Phi) is 3.75. The Bertz CT molecular complexity index is 622. The highest BCUT2D eigenvalue weighted by molar-refractivity contribution is 7.89. The molecule has 9 heteroatoms. The standard InChI is InChI=1S/C10H11ClFN3O3S/c1-6-10(16)13-2-3-15(6)19(17,18)7-4-8(12)9(11)14-5-7/h4-6H,2-3H2,1H3,(H,13,16)/t6-/m1/s1. The average molecular weight is 308 g/mol. The number of nitrogens with one attached hydrogen (secondary N) is 1. The van der Waals surface area contributed by atoms with Gasteiger partial charge in [-0.2, -0.15) is 4.31 Å². The molecule has 0 aromatic carbocycles. The van der Waals surface area contributed by atoms with E-state index in [4.69, 9.17) is 11.6 Å². The molecule has 1 fully saturated rings. The molecule has 1 aromatic rings. The molecule has 1 aliphatic rings. The minimum Gasteiger partial charge on any atom is -0.353 e. The molecule has 0 aliphatic carbocycles. The van der Waals surface area contributed by atoms with Gasteiger partial charge in [0.1, 0.15) is 10.9 Å². The lowest BCUT2D eigenvalue weighted by Gasteiger charge is -2.31. The van der Waals surface area contributed by atoms with Crippen LogP contribution in [0.5, 0.6) is 0 Å². The van der Waals surface area contributed by atoms with E-state index in [1.807, 2.05) is 0 Å². The number of carbonyl (C=O) groups excluding carboxylic acids is 1. The first kappa shape index (κ1) is 14.2. The van der Waals surface area contributed by atoms with Crippen LogP contribution < -0.4 is 5.32 Å². The highest BCUT2D eigenvalue weighted by Gasteiger charge is 2.36. The zero-order chi connectivity index (χ0) is 14.2. The Morgan fingerprint density at radius 1 is 1.58 bits per heavy atom. The van der Waals surface area contributed by atoms with Gasteiger partial charge in [-0.05, 0) is 13.0 Å². The van der Waals surface area contributed by atoms with E-state index >= 15 is 0 Å². The van der Waals surface area contributed by atoms with Crippen molar-refractivity contribution < 1.29 is 17.6 Å². The van der Waals surface area contributed by atoms with E-state index in [-0.39, 0.29) is 18.0 Å². The number of pyridine rings is 1. The van der Waals surface area contributed by atoms with Crippen molar-refractivity contribution in [3.8, 4) is 0 Å². The number of piperazine rings is 1. The van der Waals surface area contributed by atoms with E-state index in [0.717, 1.165) is 16.6 Å². The van der Waals surface area contributed by atoms with Crippen LogP contribution in [0.3, 0.4) is 0 Å². The van der Waals surface area contributed by atoms with E-state index in [9.17, 15) is 17.6 Å². The lowest BCUT2D eigenvalue weighted by Crippen LogP contribution is -2.55. The van der Waals surface area contributed by atoms with Crippen molar-refractivity contribution in [3.63, 3.8) is 0 Å². The van der Waals surface area contributed by atoms with Gasteiger partial charge in [0.05, 0.1) is 0 Å². The number of nitrogens with zero attached hydrogens (tertiary/aromatic N) is 2. The van der Waals surface area contributed by atoms with Gasteiger partial charge >= 0.3 is 0 Å². The number of amides is 1. The molecule has 104 valence electrons. The van der Waals surface area contributed by atoms with Crippen LogP contribution >= 0.6 is 11.6 Å². The smallest absolute Gasteiger partial charge is 0.245 e. The van der Waals surface area contributed by atoms with Crippen LogP contribution in [0.1, 0.15) is 6.92 Å². The van der Waals surface area contributed by atoms with Crippen LogP contribution in [-0.4, -0.2) is 42.7 Å². The zero-order valence-electron chi connectivity index (χ0n) is 9.93. The summed E-state index contributed by atoms with van der Waals surface area (Å²) in [5.41, 5.74) is 0. The van der Waals surface area contributed by atoms with Crippen molar-refractivity contribution >= 4 is 27.5 Å². The third kappa shape index (κ3) is 2.56.